The number of nitrogens with one attached hydrogen (secondary N) is 1. The lowest BCUT2D eigenvalue weighted by Crippen LogP contribution is -2.40. The van der Waals surface area contributed by atoms with Gasteiger partial charge in [0.15, 0.2) is 0 Å². The second-order valence-electron chi connectivity index (χ2n) is 8.85. The molecule has 0 aromatic heterocycles. The Morgan fingerprint density at radius 3 is 2.59 bits per heavy atom. The molecule has 5 nitrogen and oxygen atoms in total. The van der Waals surface area contributed by atoms with Crippen molar-refractivity contribution in [3.63, 3.8) is 0 Å². The van der Waals surface area contributed by atoms with Crippen molar-refractivity contribution in [2.45, 2.75) is 23.3 Å². The molecule has 2 aliphatic heterocycles. The molecule has 32 heavy (non-hydrogen) atoms. The van der Waals surface area contributed by atoms with Gasteiger partial charge in [-0.3, -0.25) is 0 Å². The first-order valence-corrected chi connectivity index (χ1v) is 12.7. The number of morpholine rings is 1. The van der Waals surface area contributed by atoms with E-state index in [-0.39, 0.29) is 12.0 Å². The van der Waals surface area contributed by atoms with Crippen LogP contribution < -0.4 is 5.32 Å². The Morgan fingerprint density at radius 1 is 0.938 bits per heavy atom. The highest BCUT2D eigenvalue weighted by molar-refractivity contribution is 7.89. The second-order valence-corrected chi connectivity index (χ2v) is 10.8. The van der Waals surface area contributed by atoms with E-state index in [9.17, 15) is 8.42 Å². The molecule has 3 unspecified atom stereocenters. The number of nitrogens with zero attached hydrogens (tertiary/aromatic N) is 1. The van der Waals surface area contributed by atoms with Gasteiger partial charge in [-0.25, -0.2) is 8.42 Å². The number of hydrogen-bond acceptors (Lipinski definition) is 4. The largest absolute Gasteiger partial charge is 0.379 e. The Kier molecular flexibility index (Phi) is 4.82. The van der Waals surface area contributed by atoms with Gasteiger partial charge in [-0.1, -0.05) is 48.6 Å². The third-order valence-corrected chi connectivity index (χ3v) is 8.97. The van der Waals surface area contributed by atoms with Crippen LogP contribution in [-0.4, -0.2) is 39.0 Å². The van der Waals surface area contributed by atoms with Crippen molar-refractivity contribution in [2.24, 2.45) is 5.92 Å². The van der Waals surface area contributed by atoms with Crippen LogP contribution >= 0.6 is 0 Å². The Morgan fingerprint density at radius 2 is 1.75 bits per heavy atom. The SMILES string of the molecule is O=S(=O)(c1ccc2c(c1)C1C=CCC1C(c1ccc3ccccc3c1)N2)N1CCOCC1. The molecule has 3 aromatic carbocycles. The van der Waals surface area contributed by atoms with E-state index in [1.807, 2.05) is 12.1 Å². The van der Waals surface area contributed by atoms with E-state index in [1.165, 1.54) is 20.6 Å². The Balaban J connectivity index is 1.37. The Bertz CT molecular complexity index is 1310. The average molecular weight is 447 g/mol. The summed E-state index contributed by atoms with van der Waals surface area (Å²) in [5.41, 5.74) is 3.38. The number of sulfonamides is 1. The first kappa shape index (κ1) is 20.0. The van der Waals surface area contributed by atoms with Crippen LogP contribution in [-0.2, 0) is 14.8 Å². The number of ether oxygens (including phenoxy) is 1. The van der Waals surface area contributed by atoms with Gasteiger partial charge >= 0.3 is 0 Å². The Labute approximate surface area is 188 Å². The zero-order valence-electron chi connectivity index (χ0n) is 17.8. The second kappa shape index (κ2) is 7.73. The van der Waals surface area contributed by atoms with E-state index >= 15 is 0 Å². The number of allylic oxidation sites excluding steroid dienone is 2. The molecule has 6 heteroatoms. The van der Waals surface area contributed by atoms with Crippen LogP contribution in [0.2, 0.25) is 0 Å². The summed E-state index contributed by atoms with van der Waals surface area (Å²) in [6, 6.07) is 20.9. The minimum Gasteiger partial charge on any atom is -0.379 e. The highest BCUT2D eigenvalue weighted by atomic mass is 32.2. The van der Waals surface area contributed by atoms with Gasteiger partial charge in [0.25, 0.3) is 0 Å². The molecule has 1 fully saturated rings. The smallest absolute Gasteiger partial charge is 0.243 e. The van der Waals surface area contributed by atoms with E-state index in [0.29, 0.717) is 37.1 Å². The van der Waals surface area contributed by atoms with Crippen LogP contribution in [0, 0.1) is 5.92 Å². The van der Waals surface area contributed by atoms with E-state index < -0.39 is 10.0 Å². The number of anilines is 1. The third-order valence-electron chi connectivity index (χ3n) is 7.07. The fourth-order valence-corrected chi connectivity index (χ4v) is 6.84. The van der Waals surface area contributed by atoms with Crippen LogP contribution in [0.3, 0.4) is 0 Å². The molecule has 0 spiro atoms. The van der Waals surface area contributed by atoms with Crippen molar-refractivity contribution >= 4 is 26.5 Å². The lowest BCUT2D eigenvalue weighted by molar-refractivity contribution is 0.0730. The monoisotopic (exact) mass is 446 g/mol. The predicted molar refractivity (Wildman–Crippen MR) is 126 cm³/mol. The molecule has 0 radical (unpaired) electrons. The molecule has 1 saturated heterocycles. The van der Waals surface area contributed by atoms with Crippen molar-refractivity contribution in [1.82, 2.24) is 4.31 Å². The summed E-state index contributed by atoms with van der Waals surface area (Å²) in [4.78, 5) is 0.378. The maximum atomic E-state index is 13.2. The molecule has 0 saturated carbocycles. The summed E-state index contributed by atoms with van der Waals surface area (Å²) in [6.45, 7) is 1.72. The highest BCUT2D eigenvalue weighted by Crippen LogP contribution is 2.50. The van der Waals surface area contributed by atoms with E-state index in [0.717, 1.165) is 17.7 Å². The summed E-state index contributed by atoms with van der Waals surface area (Å²) in [7, 11) is -3.51. The van der Waals surface area contributed by atoms with Crippen LogP contribution in [0.25, 0.3) is 10.8 Å². The van der Waals surface area contributed by atoms with E-state index in [4.69, 9.17) is 4.74 Å². The molecule has 0 amide bonds. The summed E-state index contributed by atoms with van der Waals surface area (Å²) in [6.07, 6.45) is 5.47. The molecule has 3 aromatic rings. The summed E-state index contributed by atoms with van der Waals surface area (Å²) >= 11 is 0. The van der Waals surface area contributed by atoms with Crippen molar-refractivity contribution in [3.05, 3.63) is 83.9 Å². The van der Waals surface area contributed by atoms with Gasteiger partial charge in [-0.2, -0.15) is 4.31 Å². The number of hydrogen-bond donors (Lipinski definition) is 1. The normalized spacial score (nSPS) is 25.3. The van der Waals surface area contributed by atoms with Gasteiger partial charge in [0.2, 0.25) is 10.0 Å². The summed E-state index contributed by atoms with van der Waals surface area (Å²) < 4.78 is 33.3. The standard InChI is InChI=1S/C26H26N2O3S/c29-32(30,28-12-14-31-15-13-28)21-10-11-25-24(17-21)22-6-3-7-23(22)26(27-25)20-9-8-18-4-1-2-5-19(18)16-20/h1-6,8-11,16-17,22-23,26-27H,7,12-15H2. The third kappa shape index (κ3) is 3.25. The minimum atomic E-state index is -3.51. The Hall–Kier alpha value is -2.67. The molecule has 164 valence electrons. The maximum absolute atomic E-state index is 13.2. The highest BCUT2D eigenvalue weighted by Gasteiger charge is 2.39. The quantitative estimate of drug-likeness (QED) is 0.593. The minimum absolute atomic E-state index is 0.189. The number of rotatable bonds is 3. The number of benzene rings is 3. The van der Waals surface area contributed by atoms with Crippen LogP contribution in [0.15, 0.2) is 77.7 Å². The van der Waals surface area contributed by atoms with Crippen molar-refractivity contribution in [3.8, 4) is 0 Å². The molecule has 6 rings (SSSR count). The van der Waals surface area contributed by atoms with Crippen LogP contribution in [0.1, 0.15) is 29.5 Å². The molecular formula is C26H26N2O3S. The van der Waals surface area contributed by atoms with E-state index in [2.05, 4.69) is 59.9 Å². The number of fused-ring (bicyclic) bond motifs is 4. The molecule has 2 heterocycles. The lowest BCUT2D eigenvalue weighted by Gasteiger charge is -2.38. The van der Waals surface area contributed by atoms with Gasteiger partial charge in [0.05, 0.1) is 24.2 Å². The zero-order chi connectivity index (χ0) is 21.7. The first-order valence-electron chi connectivity index (χ1n) is 11.2. The van der Waals surface area contributed by atoms with Crippen molar-refractivity contribution < 1.29 is 13.2 Å². The average Bonchev–Trinajstić information content (AvgIpc) is 3.34. The zero-order valence-corrected chi connectivity index (χ0v) is 18.6. The topological polar surface area (TPSA) is 58.6 Å². The molecule has 3 aliphatic rings. The van der Waals surface area contributed by atoms with Gasteiger partial charge in [0.1, 0.15) is 0 Å². The predicted octanol–water partition coefficient (Wildman–Crippen LogP) is 4.69. The first-order chi connectivity index (χ1) is 15.6. The van der Waals surface area contributed by atoms with Gasteiger partial charge < -0.3 is 10.1 Å². The van der Waals surface area contributed by atoms with Crippen LogP contribution in [0.4, 0.5) is 5.69 Å². The van der Waals surface area contributed by atoms with Gasteiger partial charge in [-0.05, 0) is 58.5 Å². The molecule has 1 aliphatic carbocycles. The summed E-state index contributed by atoms with van der Waals surface area (Å²) in [5, 5.41) is 6.22. The molecule has 0 bridgehead atoms. The van der Waals surface area contributed by atoms with Crippen molar-refractivity contribution in [1.29, 1.82) is 0 Å². The molecular weight excluding hydrogens is 420 g/mol. The fourth-order valence-electron chi connectivity index (χ4n) is 5.40. The maximum Gasteiger partial charge on any atom is 0.243 e. The van der Waals surface area contributed by atoms with Gasteiger partial charge in [0, 0.05) is 24.7 Å². The van der Waals surface area contributed by atoms with Crippen molar-refractivity contribution in [2.75, 3.05) is 31.6 Å². The molecule has 3 atom stereocenters. The molecule has 1 N–H and O–H groups in total. The van der Waals surface area contributed by atoms with Gasteiger partial charge in [-0.15, -0.1) is 0 Å². The fraction of sp³-hybridized carbons (Fsp3) is 0.308. The summed E-state index contributed by atoms with van der Waals surface area (Å²) in [5.74, 6) is 0.576. The van der Waals surface area contributed by atoms with Crippen LogP contribution in [0.5, 0.6) is 0 Å². The van der Waals surface area contributed by atoms with E-state index in [1.54, 1.807) is 6.07 Å². The lowest BCUT2D eigenvalue weighted by atomic mass is 9.77.